The summed E-state index contributed by atoms with van der Waals surface area (Å²) in [4.78, 5) is 11.4. The largest absolute Gasteiger partial charge is 0.396 e. The summed E-state index contributed by atoms with van der Waals surface area (Å²) in [6.07, 6.45) is 4.68. The molecule has 3 aliphatic carbocycles. The average molecular weight is 180 g/mol. The molecule has 13 heavy (non-hydrogen) atoms. The lowest BCUT2D eigenvalue weighted by molar-refractivity contribution is -0.126. The topological polar surface area (TPSA) is 37.3 Å². The summed E-state index contributed by atoms with van der Waals surface area (Å²) >= 11 is 0. The molecule has 2 nitrogen and oxygen atoms in total. The minimum absolute atomic E-state index is 0.168. The monoisotopic (exact) mass is 180 g/mol. The number of carbonyl (C=O) groups is 1. The first-order valence-electron chi connectivity index (χ1n) is 5.04. The summed E-state index contributed by atoms with van der Waals surface area (Å²) in [5.74, 6) is 1.56. The molecular weight excluding hydrogens is 164 g/mol. The zero-order chi connectivity index (χ0) is 9.42. The van der Waals surface area contributed by atoms with Gasteiger partial charge in [0.1, 0.15) is 5.78 Å². The molecule has 0 heterocycles. The van der Waals surface area contributed by atoms with Crippen LogP contribution < -0.4 is 0 Å². The fourth-order valence-electron chi connectivity index (χ4n) is 2.78. The van der Waals surface area contributed by atoms with Crippen molar-refractivity contribution in [1.29, 1.82) is 0 Å². The Morgan fingerprint density at radius 2 is 2.38 bits per heavy atom. The molecule has 1 saturated carbocycles. The van der Waals surface area contributed by atoms with E-state index < -0.39 is 0 Å². The van der Waals surface area contributed by atoms with E-state index in [1.165, 1.54) is 5.57 Å². The number of rotatable bonds is 2. The van der Waals surface area contributed by atoms with E-state index in [0.29, 0.717) is 17.6 Å². The Labute approximate surface area is 78.6 Å². The van der Waals surface area contributed by atoms with Crippen LogP contribution in [0.3, 0.4) is 0 Å². The first-order chi connectivity index (χ1) is 6.22. The van der Waals surface area contributed by atoms with Gasteiger partial charge in [0, 0.05) is 18.9 Å². The third-order valence-corrected chi connectivity index (χ3v) is 3.51. The molecule has 0 amide bonds. The zero-order valence-electron chi connectivity index (χ0n) is 7.99. The van der Waals surface area contributed by atoms with Gasteiger partial charge in [-0.3, -0.25) is 4.79 Å². The van der Waals surface area contributed by atoms with Crippen molar-refractivity contribution < 1.29 is 9.90 Å². The standard InChI is InChI=1S/C11H16O2/c1-7-4-9-5-8(2-3-12)10(7)6-11(9)13/h4,8-10,12H,2-3,5-6H2,1H3/t8-,9+,10-/m0/s1. The molecule has 1 fully saturated rings. The van der Waals surface area contributed by atoms with Crippen LogP contribution >= 0.6 is 0 Å². The molecule has 2 bridgehead atoms. The highest BCUT2D eigenvalue weighted by Crippen LogP contribution is 2.43. The maximum Gasteiger partial charge on any atom is 0.140 e. The van der Waals surface area contributed by atoms with E-state index in [0.717, 1.165) is 19.3 Å². The Balaban J connectivity index is 2.17. The Bertz CT molecular complexity index is 255. The predicted molar refractivity (Wildman–Crippen MR) is 50.2 cm³/mol. The van der Waals surface area contributed by atoms with Gasteiger partial charge in [0.15, 0.2) is 0 Å². The van der Waals surface area contributed by atoms with Crippen LogP contribution in [0.5, 0.6) is 0 Å². The van der Waals surface area contributed by atoms with Crippen molar-refractivity contribution in [2.75, 3.05) is 6.61 Å². The maximum absolute atomic E-state index is 11.4. The lowest BCUT2D eigenvalue weighted by atomic mass is 9.64. The van der Waals surface area contributed by atoms with Crippen LogP contribution in [0.4, 0.5) is 0 Å². The molecule has 72 valence electrons. The zero-order valence-corrected chi connectivity index (χ0v) is 7.99. The van der Waals surface area contributed by atoms with Gasteiger partial charge in [-0.25, -0.2) is 0 Å². The van der Waals surface area contributed by atoms with Gasteiger partial charge in [0.2, 0.25) is 0 Å². The number of carbonyl (C=O) groups excluding carboxylic acids is 1. The lowest BCUT2D eigenvalue weighted by Crippen LogP contribution is -2.37. The second-order valence-electron chi connectivity index (χ2n) is 4.30. The summed E-state index contributed by atoms with van der Waals surface area (Å²) in [7, 11) is 0. The van der Waals surface area contributed by atoms with Crippen LogP contribution in [0, 0.1) is 17.8 Å². The molecule has 0 aromatic carbocycles. The molecule has 0 saturated heterocycles. The average Bonchev–Trinajstić information content (AvgIpc) is 2.09. The van der Waals surface area contributed by atoms with Crippen molar-refractivity contribution in [1.82, 2.24) is 0 Å². The summed E-state index contributed by atoms with van der Waals surface area (Å²) in [6, 6.07) is 0. The number of aliphatic hydroxyl groups is 1. The molecule has 0 aromatic rings. The Hall–Kier alpha value is -0.630. The third-order valence-electron chi connectivity index (χ3n) is 3.51. The van der Waals surface area contributed by atoms with Gasteiger partial charge in [-0.05, 0) is 31.6 Å². The summed E-state index contributed by atoms with van der Waals surface area (Å²) in [5.41, 5.74) is 1.37. The van der Waals surface area contributed by atoms with Crippen LogP contribution in [0.1, 0.15) is 26.2 Å². The highest BCUT2D eigenvalue weighted by molar-refractivity contribution is 5.85. The van der Waals surface area contributed by atoms with E-state index in [2.05, 4.69) is 13.0 Å². The second kappa shape index (κ2) is 3.26. The van der Waals surface area contributed by atoms with Crippen molar-refractivity contribution in [3.8, 4) is 0 Å². The lowest BCUT2D eigenvalue weighted by Gasteiger charge is -2.40. The van der Waals surface area contributed by atoms with E-state index in [1.807, 2.05) is 0 Å². The quantitative estimate of drug-likeness (QED) is 0.654. The van der Waals surface area contributed by atoms with Gasteiger partial charge in [0.05, 0.1) is 0 Å². The highest BCUT2D eigenvalue weighted by Gasteiger charge is 2.39. The van der Waals surface area contributed by atoms with Gasteiger partial charge in [-0.1, -0.05) is 11.6 Å². The van der Waals surface area contributed by atoms with E-state index in [9.17, 15) is 4.79 Å². The number of hydrogen-bond acceptors (Lipinski definition) is 2. The summed E-state index contributed by atoms with van der Waals surface area (Å²) < 4.78 is 0. The molecule has 1 N–H and O–H groups in total. The number of ketones is 1. The first kappa shape index (κ1) is 8.95. The van der Waals surface area contributed by atoms with Crippen LogP contribution in [-0.2, 0) is 4.79 Å². The number of Topliss-reactive ketones (excluding diaryl/α,β-unsaturated/α-hetero) is 1. The smallest absolute Gasteiger partial charge is 0.140 e. The van der Waals surface area contributed by atoms with E-state index in [1.54, 1.807) is 0 Å². The SMILES string of the molecule is CC1=C[C@@H]2C[C@H](CCO)[C@H]1CC2=O. The molecule has 3 aliphatic rings. The molecule has 2 heteroatoms. The Morgan fingerprint density at radius 3 is 3.00 bits per heavy atom. The van der Waals surface area contributed by atoms with Crippen molar-refractivity contribution in [3.63, 3.8) is 0 Å². The molecular formula is C11H16O2. The van der Waals surface area contributed by atoms with E-state index in [4.69, 9.17) is 5.11 Å². The van der Waals surface area contributed by atoms with Crippen LogP contribution in [0.15, 0.2) is 11.6 Å². The number of fused-ring (bicyclic) bond motifs is 2. The summed E-state index contributed by atoms with van der Waals surface area (Å²) in [5, 5.41) is 8.89. The minimum Gasteiger partial charge on any atom is -0.396 e. The number of allylic oxidation sites excluding steroid dienone is 2. The second-order valence-corrected chi connectivity index (χ2v) is 4.30. The molecule has 0 aromatic heterocycles. The van der Waals surface area contributed by atoms with Gasteiger partial charge in [-0.2, -0.15) is 0 Å². The minimum atomic E-state index is 0.168. The summed E-state index contributed by atoms with van der Waals surface area (Å²) in [6.45, 7) is 2.38. The normalized spacial score (nSPS) is 37.8. The van der Waals surface area contributed by atoms with Gasteiger partial charge >= 0.3 is 0 Å². The van der Waals surface area contributed by atoms with Gasteiger partial charge in [-0.15, -0.1) is 0 Å². The van der Waals surface area contributed by atoms with Crippen molar-refractivity contribution in [3.05, 3.63) is 11.6 Å². The molecule has 0 aliphatic heterocycles. The maximum atomic E-state index is 11.4. The van der Waals surface area contributed by atoms with Crippen molar-refractivity contribution in [2.24, 2.45) is 17.8 Å². The Morgan fingerprint density at radius 1 is 1.62 bits per heavy atom. The third kappa shape index (κ3) is 1.44. The molecule has 0 unspecified atom stereocenters. The number of hydrogen-bond donors (Lipinski definition) is 1. The van der Waals surface area contributed by atoms with E-state index in [-0.39, 0.29) is 12.5 Å². The fraction of sp³-hybridized carbons (Fsp3) is 0.727. The highest BCUT2D eigenvalue weighted by atomic mass is 16.3. The first-order valence-corrected chi connectivity index (χ1v) is 5.04. The van der Waals surface area contributed by atoms with Crippen LogP contribution in [0.25, 0.3) is 0 Å². The number of aliphatic hydroxyl groups excluding tert-OH is 1. The van der Waals surface area contributed by atoms with Crippen molar-refractivity contribution >= 4 is 5.78 Å². The van der Waals surface area contributed by atoms with Crippen molar-refractivity contribution in [2.45, 2.75) is 26.2 Å². The van der Waals surface area contributed by atoms with Gasteiger partial charge in [0.25, 0.3) is 0 Å². The Kier molecular flexibility index (Phi) is 2.24. The van der Waals surface area contributed by atoms with Gasteiger partial charge < -0.3 is 5.11 Å². The predicted octanol–water partition coefficient (Wildman–Crippen LogP) is 1.54. The van der Waals surface area contributed by atoms with Crippen LogP contribution in [-0.4, -0.2) is 17.5 Å². The molecule has 3 rings (SSSR count). The van der Waals surface area contributed by atoms with E-state index >= 15 is 0 Å². The fourth-order valence-corrected chi connectivity index (χ4v) is 2.78. The molecule has 0 spiro atoms. The van der Waals surface area contributed by atoms with Crippen LogP contribution in [0.2, 0.25) is 0 Å². The molecule has 0 radical (unpaired) electrons. The molecule has 3 atom stereocenters.